The molecule has 0 radical (unpaired) electrons. The second-order valence-corrected chi connectivity index (χ2v) is 3.77. The predicted molar refractivity (Wildman–Crippen MR) is 47.4 cm³/mol. The first kappa shape index (κ1) is 8.79. The van der Waals surface area contributed by atoms with Crippen molar-refractivity contribution < 1.29 is 5.11 Å². The van der Waals surface area contributed by atoms with Crippen molar-refractivity contribution in [3.8, 4) is 0 Å². The number of rotatable bonds is 2. The van der Waals surface area contributed by atoms with E-state index >= 15 is 0 Å². The van der Waals surface area contributed by atoms with Crippen LogP contribution in [-0.4, -0.2) is 11.2 Å². The van der Waals surface area contributed by atoms with Gasteiger partial charge >= 0.3 is 0 Å². The van der Waals surface area contributed by atoms with Crippen LogP contribution in [0.15, 0.2) is 12.2 Å². The molecule has 0 unspecified atom stereocenters. The first-order chi connectivity index (χ1) is 5.20. The van der Waals surface area contributed by atoms with E-state index in [1.807, 2.05) is 6.92 Å². The van der Waals surface area contributed by atoms with Crippen molar-refractivity contribution >= 4 is 0 Å². The zero-order valence-corrected chi connectivity index (χ0v) is 7.34. The Kier molecular flexibility index (Phi) is 3.13. The van der Waals surface area contributed by atoms with Gasteiger partial charge in [-0.05, 0) is 32.1 Å². The summed E-state index contributed by atoms with van der Waals surface area (Å²) < 4.78 is 0. The van der Waals surface area contributed by atoms with Crippen molar-refractivity contribution in [1.82, 2.24) is 0 Å². The van der Waals surface area contributed by atoms with Gasteiger partial charge in [-0.25, -0.2) is 0 Å². The number of hydrogen-bond donors (Lipinski definition) is 1. The average molecular weight is 154 g/mol. The highest BCUT2D eigenvalue weighted by atomic mass is 16.3. The predicted octanol–water partition coefficient (Wildman–Crippen LogP) is 2.50. The normalized spacial score (nSPS) is 31.8. The van der Waals surface area contributed by atoms with Crippen LogP contribution in [0.1, 0.15) is 39.0 Å². The zero-order valence-electron chi connectivity index (χ0n) is 7.34. The van der Waals surface area contributed by atoms with E-state index in [1.165, 1.54) is 24.8 Å². The van der Waals surface area contributed by atoms with Gasteiger partial charge in [-0.15, -0.1) is 6.58 Å². The number of hydrogen-bond acceptors (Lipinski definition) is 1. The molecule has 0 spiro atoms. The molecule has 2 atom stereocenters. The maximum absolute atomic E-state index is 9.58. The van der Waals surface area contributed by atoms with Crippen LogP contribution in [-0.2, 0) is 0 Å². The maximum atomic E-state index is 9.58. The molecule has 0 heterocycles. The Bertz CT molecular complexity index is 140. The number of allylic oxidation sites excluding steroid dienone is 1. The van der Waals surface area contributed by atoms with Crippen LogP contribution >= 0.6 is 0 Å². The summed E-state index contributed by atoms with van der Waals surface area (Å²) >= 11 is 0. The lowest BCUT2D eigenvalue weighted by molar-refractivity contribution is 0.0701. The van der Waals surface area contributed by atoms with Gasteiger partial charge < -0.3 is 5.11 Å². The summed E-state index contributed by atoms with van der Waals surface area (Å²) in [5, 5.41) is 9.58. The topological polar surface area (TPSA) is 20.2 Å². The van der Waals surface area contributed by atoms with Gasteiger partial charge in [0.1, 0.15) is 0 Å². The average Bonchev–Trinajstić information content (AvgIpc) is 1.93. The Morgan fingerprint density at radius 1 is 1.45 bits per heavy atom. The molecule has 1 aliphatic rings. The lowest BCUT2D eigenvalue weighted by atomic mass is 9.83. The summed E-state index contributed by atoms with van der Waals surface area (Å²) in [5.74, 6) is 0.501. The highest BCUT2D eigenvalue weighted by Crippen LogP contribution is 2.28. The molecule has 64 valence electrons. The molecule has 0 aromatic rings. The summed E-state index contributed by atoms with van der Waals surface area (Å²) in [4.78, 5) is 0. The lowest BCUT2D eigenvalue weighted by Crippen LogP contribution is -2.24. The van der Waals surface area contributed by atoms with Gasteiger partial charge in [0.2, 0.25) is 0 Å². The molecular formula is C10H18O. The Balaban J connectivity index is 2.35. The van der Waals surface area contributed by atoms with Crippen molar-refractivity contribution in [3.63, 3.8) is 0 Å². The van der Waals surface area contributed by atoms with Gasteiger partial charge in [-0.3, -0.25) is 0 Å². The fourth-order valence-electron chi connectivity index (χ4n) is 1.87. The highest BCUT2D eigenvalue weighted by Gasteiger charge is 2.22. The van der Waals surface area contributed by atoms with E-state index in [1.54, 1.807) is 0 Å². The molecule has 11 heavy (non-hydrogen) atoms. The minimum Gasteiger partial charge on any atom is -0.393 e. The van der Waals surface area contributed by atoms with Crippen molar-refractivity contribution in [2.75, 3.05) is 0 Å². The van der Waals surface area contributed by atoms with E-state index < -0.39 is 0 Å². The Morgan fingerprint density at radius 3 is 2.64 bits per heavy atom. The molecule has 1 N–H and O–H groups in total. The van der Waals surface area contributed by atoms with Crippen molar-refractivity contribution in [3.05, 3.63) is 12.2 Å². The third-order valence-corrected chi connectivity index (χ3v) is 2.48. The molecule has 0 aromatic heterocycles. The molecule has 1 rings (SSSR count). The molecule has 1 heteroatoms. The molecule has 1 fully saturated rings. The fourth-order valence-corrected chi connectivity index (χ4v) is 1.87. The van der Waals surface area contributed by atoms with Gasteiger partial charge in [-0.1, -0.05) is 18.4 Å². The van der Waals surface area contributed by atoms with E-state index in [4.69, 9.17) is 0 Å². The van der Waals surface area contributed by atoms with Crippen molar-refractivity contribution in [2.24, 2.45) is 5.92 Å². The summed E-state index contributed by atoms with van der Waals surface area (Å²) in [5.41, 5.74) is 1.20. The van der Waals surface area contributed by atoms with Crippen molar-refractivity contribution in [2.45, 2.75) is 45.1 Å². The monoisotopic (exact) mass is 154 g/mol. The third-order valence-electron chi connectivity index (χ3n) is 2.48. The Labute approximate surface area is 69.1 Å². The molecule has 0 aliphatic heterocycles. The summed E-state index contributed by atoms with van der Waals surface area (Å²) in [7, 11) is 0. The van der Waals surface area contributed by atoms with Crippen LogP contribution in [0.5, 0.6) is 0 Å². The van der Waals surface area contributed by atoms with Crippen LogP contribution < -0.4 is 0 Å². The van der Waals surface area contributed by atoms with E-state index in [9.17, 15) is 5.11 Å². The Morgan fingerprint density at radius 2 is 2.09 bits per heavy atom. The standard InChI is InChI=1S/C10H18O/c1-8(2)7-9-5-3-4-6-10(9)11/h9-11H,1,3-7H2,2H3/t9-,10+/m1/s1. The van der Waals surface area contributed by atoms with E-state index in [-0.39, 0.29) is 6.10 Å². The van der Waals surface area contributed by atoms with Crippen LogP contribution in [0.25, 0.3) is 0 Å². The van der Waals surface area contributed by atoms with E-state index in [0.717, 1.165) is 12.8 Å². The SMILES string of the molecule is C=C(C)C[C@H]1CCCC[C@@H]1O. The molecule has 1 saturated carbocycles. The number of aliphatic hydroxyl groups is 1. The van der Waals surface area contributed by atoms with Crippen LogP contribution in [0.4, 0.5) is 0 Å². The van der Waals surface area contributed by atoms with Gasteiger partial charge in [0, 0.05) is 0 Å². The van der Waals surface area contributed by atoms with Gasteiger partial charge in [-0.2, -0.15) is 0 Å². The lowest BCUT2D eigenvalue weighted by Gasteiger charge is -2.27. The molecule has 1 nitrogen and oxygen atoms in total. The maximum Gasteiger partial charge on any atom is 0.0571 e. The highest BCUT2D eigenvalue weighted by molar-refractivity contribution is 4.93. The van der Waals surface area contributed by atoms with Gasteiger partial charge in [0.25, 0.3) is 0 Å². The molecule has 1 aliphatic carbocycles. The zero-order chi connectivity index (χ0) is 8.27. The summed E-state index contributed by atoms with van der Waals surface area (Å²) in [6.07, 6.45) is 5.64. The summed E-state index contributed by atoms with van der Waals surface area (Å²) in [6, 6.07) is 0. The largest absolute Gasteiger partial charge is 0.393 e. The van der Waals surface area contributed by atoms with Crippen LogP contribution in [0.2, 0.25) is 0 Å². The minimum absolute atomic E-state index is 0.0551. The van der Waals surface area contributed by atoms with Gasteiger partial charge in [0.15, 0.2) is 0 Å². The number of aliphatic hydroxyl groups excluding tert-OH is 1. The fraction of sp³-hybridized carbons (Fsp3) is 0.800. The molecule has 0 aromatic carbocycles. The smallest absolute Gasteiger partial charge is 0.0571 e. The molecular weight excluding hydrogens is 136 g/mol. The molecule has 0 bridgehead atoms. The molecule has 0 saturated heterocycles. The van der Waals surface area contributed by atoms with Gasteiger partial charge in [0.05, 0.1) is 6.10 Å². The molecule has 0 amide bonds. The Hall–Kier alpha value is -0.300. The van der Waals surface area contributed by atoms with E-state index in [2.05, 4.69) is 6.58 Å². The third kappa shape index (κ3) is 2.66. The second-order valence-electron chi connectivity index (χ2n) is 3.77. The van der Waals surface area contributed by atoms with Crippen LogP contribution in [0.3, 0.4) is 0 Å². The second kappa shape index (κ2) is 3.91. The van der Waals surface area contributed by atoms with Crippen LogP contribution in [0, 0.1) is 5.92 Å². The minimum atomic E-state index is -0.0551. The quantitative estimate of drug-likeness (QED) is 0.606. The summed E-state index contributed by atoms with van der Waals surface area (Å²) in [6.45, 7) is 5.92. The van der Waals surface area contributed by atoms with Crippen molar-refractivity contribution in [1.29, 1.82) is 0 Å². The van der Waals surface area contributed by atoms with E-state index in [0.29, 0.717) is 5.92 Å². The first-order valence-corrected chi connectivity index (χ1v) is 4.52. The first-order valence-electron chi connectivity index (χ1n) is 4.52.